The van der Waals surface area contributed by atoms with Gasteiger partial charge in [0.25, 0.3) is 0 Å². The fourth-order valence-corrected chi connectivity index (χ4v) is 1.14. The molecule has 2 heteroatoms. The van der Waals surface area contributed by atoms with E-state index in [-0.39, 0.29) is 6.61 Å². The zero-order valence-electron chi connectivity index (χ0n) is 6.92. The fraction of sp³-hybridized carbons (Fsp3) is 0.200. The van der Waals surface area contributed by atoms with Crippen molar-refractivity contribution in [2.45, 2.75) is 6.92 Å². The molecule has 0 saturated carbocycles. The first-order valence-electron chi connectivity index (χ1n) is 3.80. The van der Waals surface area contributed by atoms with E-state index in [9.17, 15) is 0 Å². The molecule has 64 valence electrons. The summed E-state index contributed by atoms with van der Waals surface area (Å²) in [6, 6.07) is 7.42. The van der Waals surface area contributed by atoms with E-state index in [0.717, 1.165) is 11.1 Å². The first-order valence-corrected chi connectivity index (χ1v) is 4.17. The lowest BCUT2D eigenvalue weighted by Gasteiger charge is -2.02. The van der Waals surface area contributed by atoms with Crippen LogP contribution >= 0.6 is 11.6 Å². The van der Waals surface area contributed by atoms with E-state index in [1.165, 1.54) is 0 Å². The van der Waals surface area contributed by atoms with Crippen LogP contribution in [0.1, 0.15) is 12.5 Å². The summed E-state index contributed by atoms with van der Waals surface area (Å²) in [6.07, 6.45) is 1.89. The third-order valence-electron chi connectivity index (χ3n) is 1.73. The summed E-state index contributed by atoms with van der Waals surface area (Å²) >= 11 is 5.72. The standard InChI is InChI=1S/C10H11ClO/c1-2-8(7-12)9-3-5-10(11)6-4-9/h2-6,12H,7H2,1H3/b8-2-. The summed E-state index contributed by atoms with van der Waals surface area (Å²) < 4.78 is 0. The normalized spacial score (nSPS) is 11.8. The SMILES string of the molecule is C/C=C(/CO)c1ccc(Cl)cc1. The van der Waals surface area contributed by atoms with Gasteiger partial charge in [-0.1, -0.05) is 29.8 Å². The Hall–Kier alpha value is -0.790. The topological polar surface area (TPSA) is 20.2 Å². The lowest BCUT2D eigenvalue weighted by Crippen LogP contribution is -1.88. The van der Waals surface area contributed by atoms with Gasteiger partial charge in [-0.2, -0.15) is 0 Å². The highest BCUT2D eigenvalue weighted by Gasteiger charge is 1.97. The minimum atomic E-state index is 0.0676. The quantitative estimate of drug-likeness (QED) is 0.746. The lowest BCUT2D eigenvalue weighted by molar-refractivity contribution is 0.350. The predicted octanol–water partition coefficient (Wildman–Crippen LogP) is 2.74. The highest BCUT2D eigenvalue weighted by Crippen LogP contribution is 2.16. The Morgan fingerprint density at radius 1 is 1.42 bits per heavy atom. The van der Waals surface area contributed by atoms with Crippen molar-refractivity contribution in [3.05, 3.63) is 40.9 Å². The van der Waals surface area contributed by atoms with Crippen LogP contribution in [-0.2, 0) is 0 Å². The molecule has 0 aromatic heterocycles. The smallest absolute Gasteiger partial charge is 0.0684 e. The Morgan fingerprint density at radius 3 is 2.42 bits per heavy atom. The number of benzene rings is 1. The predicted molar refractivity (Wildman–Crippen MR) is 52.2 cm³/mol. The van der Waals surface area contributed by atoms with Gasteiger partial charge in [-0.25, -0.2) is 0 Å². The average Bonchev–Trinajstić information content (AvgIpc) is 2.10. The van der Waals surface area contributed by atoms with Crippen molar-refractivity contribution in [1.82, 2.24) is 0 Å². The van der Waals surface area contributed by atoms with Crippen molar-refractivity contribution >= 4 is 17.2 Å². The zero-order chi connectivity index (χ0) is 8.97. The number of hydrogen-bond acceptors (Lipinski definition) is 1. The van der Waals surface area contributed by atoms with Crippen LogP contribution in [0.3, 0.4) is 0 Å². The van der Waals surface area contributed by atoms with Gasteiger partial charge < -0.3 is 5.11 Å². The summed E-state index contributed by atoms with van der Waals surface area (Å²) in [6.45, 7) is 1.97. The molecule has 0 amide bonds. The first-order chi connectivity index (χ1) is 5.77. The summed E-state index contributed by atoms with van der Waals surface area (Å²) in [5.41, 5.74) is 1.94. The van der Waals surface area contributed by atoms with Crippen molar-refractivity contribution in [2.24, 2.45) is 0 Å². The molecule has 0 fully saturated rings. The van der Waals surface area contributed by atoms with Crippen molar-refractivity contribution in [1.29, 1.82) is 0 Å². The van der Waals surface area contributed by atoms with Gasteiger partial charge in [0.05, 0.1) is 6.61 Å². The van der Waals surface area contributed by atoms with Gasteiger partial charge in [-0.15, -0.1) is 0 Å². The van der Waals surface area contributed by atoms with Gasteiger partial charge in [-0.3, -0.25) is 0 Å². The monoisotopic (exact) mass is 182 g/mol. The number of halogens is 1. The largest absolute Gasteiger partial charge is 0.392 e. The molecule has 0 unspecified atom stereocenters. The number of aliphatic hydroxyl groups is 1. The van der Waals surface area contributed by atoms with Gasteiger partial charge >= 0.3 is 0 Å². The molecule has 12 heavy (non-hydrogen) atoms. The van der Waals surface area contributed by atoms with Crippen LogP contribution in [0.5, 0.6) is 0 Å². The van der Waals surface area contributed by atoms with E-state index < -0.39 is 0 Å². The Labute approximate surface area is 77.3 Å². The van der Waals surface area contributed by atoms with Crippen LogP contribution in [-0.4, -0.2) is 11.7 Å². The molecule has 1 rings (SSSR count). The molecular weight excluding hydrogens is 172 g/mol. The Morgan fingerprint density at radius 2 is 2.00 bits per heavy atom. The maximum absolute atomic E-state index is 8.95. The van der Waals surface area contributed by atoms with Crippen molar-refractivity contribution < 1.29 is 5.11 Å². The Bertz CT molecular complexity index is 274. The second-order valence-corrected chi connectivity index (χ2v) is 2.92. The number of aliphatic hydroxyl groups excluding tert-OH is 1. The summed E-state index contributed by atoms with van der Waals surface area (Å²) in [4.78, 5) is 0. The van der Waals surface area contributed by atoms with E-state index >= 15 is 0 Å². The second kappa shape index (κ2) is 4.29. The number of rotatable bonds is 2. The van der Waals surface area contributed by atoms with E-state index in [4.69, 9.17) is 16.7 Å². The molecule has 1 N–H and O–H groups in total. The second-order valence-electron chi connectivity index (χ2n) is 2.48. The Balaban J connectivity index is 2.96. The van der Waals surface area contributed by atoms with Gasteiger partial charge in [0.1, 0.15) is 0 Å². The van der Waals surface area contributed by atoms with Crippen LogP contribution in [0.15, 0.2) is 30.3 Å². The number of hydrogen-bond donors (Lipinski definition) is 1. The molecule has 0 aliphatic carbocycles. The van der Waals surface area contributed by atoms with Crippen LogP contribution in [0, 0.1) is 0 Å². The molecule has 0 atom stereocenters. The zero-order valence-corrected chi connectivity index (χ0v) is 7.67. The molecule has 0 aliphatic rings. The van der Waals surface area contributed by atoms with Crippen LogP contribution < -0.4 is 0 Å². The Kier molecular flexibility index (Phi) is 3.32. The molecule has 1 aromatic rings. The first kappa shape index (κ1) is 9.30. The molecule has 0 radical (unpaired) electrons. The molecule has 0 aliphatic heterocycles. The lowest BCUT2D eigenvalue weighted by atomic mass is 10.1. The average molecular weight is 183 g/mol. The minimum absolute atomic E-state index is 0.0676. The van der Waals surface area contributed by atoms with Crippen molar-refractivity contribution in [3.8, 4) is 0 Å². The minimum Gasteiger partial charge on any atom is -0.392 e. The molecule has 0 bridgehead atoms. The van der Waals surface area contributed by atoms with Gasteiger partial charge in [-0.05, 0) is 30.2 Å². The van der Waals surface area contributed by atoms with Gasteiger partial charge in [0, 0.05) is 5.02 Å². The maximum Gasteiger partial charge on any atom is 0.0684 e. The third kappa shape index (κ3) is 2.10. The third-order valence-corrected chi connectivity index (χ3v) is 1.99. The van der Waals surface area contributed by atoms with Crippen LogP contribution in [0.4, 0.5) is 0 Å². The van der Waals surface area contributed by atoms with Crippen LogP contribution in [0.25, 0.3) is 5.57 Å². The van der Waals surface area contributed by atoms with Gasteiger partial charge in [0.2, 0.25) is 0 Å². The van der Waals surface area contributed by atoms with Crippen LogP contribution in [0.2, 0.25) is 5.02 Å². The van der Waals surface area contributed by atoms with Crippen molar-refractivity contribution in [2.75, 3.05) is 6.61 Å². The molecule has 1 nitrogen and oxygen atoms in total. The highest BCUT2D eigenvalue weighted by atomic mass is 35.5. The van der Waals surface area contributed by atoms with E-state index in [0.29, 0.717) is 5.02 Å². The molecular formula is C10H11ClO. The van der Waals surface area contributed by atoms with Crippen molar-refractivity contribution in [3.63, 3.8) is 0 Å². The highest BCUT2D eigenvalue weighted by molar-refractivity contribution is 6.30. The summed E-state index contributed by atoms with van der Waals surface area (Å²) in [5.74, 6) is 0. The maximum atomic E-state index is 8.95. The van der Waals surface area contributed by atoms with Gasteiger partial charge in [0.15, 0.2) is 0 Å². The molecule has 0 saturated heterocycles. The fourth-order valence-electron chi connectivity index (χ4n) is 1.01. The number of allylic oxidation sites excluding steroid dienone is 1. The van der Waals surface area contributed by atoms with E-state index in [2.05, 4.69) is 0 Å². The summed E-state index contributed by atoms with van der Waals surface area (Å²) in [7, 11) is 0. The molecule has 0 heterocycles. The van der Waals surface area contributed by atoms with E-state index in [1.54, 1.807) is 0 Å². The summed E-state index contributed by atoms with van der Waals surface area (Å²) in [5, 5.41) is 9.66. The van der Waals surface area contributed by atoms with E-state index in [1.807, 2.05) is 37.3 Å². The molecule has 0 spiro atoms. The molecule has 1 aromatic carbocycles.